The van der Waals surface area contributed by atoms with Crippen molar-refractivity contribution in [1.29, 1.82) is 0 Å². The fraction of sp³-hybridized carbons (Fsp3) is 0.278. The fourth-order valence-electron chi connectivity index (χ4n) is 2.34. The van der Waals surface area contributed by atoms with Gasteiger partial charge in [0, 0.05) is 12.2 Å². The molecule has 25 heavy (non-hydrogen) atoms. The van der Waals surface area contributed by atoms with Crippen LogP contribution in [0.3, 0.4) is 0 Å². The lowest BCUT2D eigenvalue weighted by Crippen LogP contribution is -2.22. The van der Waals surface area contributed by atoms with E-state index in [4.69, 9.17) is 4.42 Å². The number of rotatable bonds is 6. The van der Waals surface area contributed by atoms with Gasteiger partial charge in [-0.15, -0.1) is 10.2 Å². The Labute approximate surface area is 150 Å². The quantitative estimate of drug-likeness (QED) is 0.676. The highest BCUT2D eigenvalue weighted by molar-refractivity contribution is 8.00. The van der Waals surface area contributed by atoms with Crippen molar-refractivity contribution in [2.24, 2.45) is 0 Å². The largest absolute Gasteiger partial charge is 0.461 e. The molecule has 2 aromatic heterocycles. The molecule has 1 aromatic carbocycles. The van der Waals surface area contributed by atoms with Crippen LogP contribution in [-0.4, -0.2) is 25.9 Å². The van der Waals surface area contributed by atoms with Gasteiger partial charge < -0.3 is 9.73 Å². The van der Waals surface area contributed by atoms with Crippen LogP contribution in [0.5, 0.6) is 0 Å². The van der Waals surface area contributed by atoms with Gasteiger partial charge in [0.1, 0.15) is 0 Å². The molecule has 130 valence electrons. The summed E-state index contributed by atoms with van der Waals surface area (Å²) in [6.07, 6.45) is 1.61. The molecular weight excluding hydrogens is 336 g/mol. The third kappa shape index (κ3) is 3.93. The number of amides is 1. The zero-order chi connectivity index (χ0) is 17.8. The van der Waals surface area contributed by atoms with E-state index in [1.54, 1.807) is 6.26 Å². The van der Waals surface area contributed by atoms with Crippen molar-refractivity contribution < 1.29 is 9.21 Å². The summed E-state index contributed by atoms with van der Waals surface area (Å²) in [6, 6.07) is 11.4. The molecule has 0 spiro atoms. The summed E-state index contributed by atoms with van der Waals surface area (Å²) in [7, 11) is 0. The van der Waals surface area contributed by atoms with E-state index in [1.807, 2.05) is 61.7 Å². The van der Waals surface area contributed by atoms with E-state index >= 15 is 0 Å². The maximum Gasteiger partial charge on any atom is 0.237 e. The summed E-state index contributed by atoms with van der Waals surface area (Å²) in [5, 5.41) is 11.7. The highest BCUT2D eigenvalue weighted by Crippen LogP contribution is 2.27. The van der Waals surface area contributed by atoms with Crippen molar-refractivity contribution in [1.82, 2.24) is 14.8 Å². The lowest BCUT2D eigenvalue weighted by molar-refractivity contribution is -0.115. The Balaban J connectivity index is 1.71. The Morgan fingerprint density at radius 3 is 2.68 bits per heavy atom. The third-order valence-electron chi connectivity index (χ3n) is 3.75. The molecule has 1 unspecified atom stereocenters. The number of hydrogen-bond acceptors (Lipinski definition) is 5. The van der Waals surface area contributed by atoms with Crippen molar-refractivity contribution in [3.63, 3.8) is 0 Å². The van der Waals surface area contributed by atoms with Crippen molar-refractivity contribution in [2.75, 3.05) is 5.32 Å². The predicted molar refractivity (Wildman–Crippen MR) is 98.5 cm³/mol. The number of nitrogens with one attached hydrogen (secondary N) is 1. The molecule has 0 radical (unpaired) electrons. The fourth-order valence-corrected chi connectivity index (χ4v) is 3.25. The van der Waals surface area contributed by atoms with Gasteiger partial charge in [-0.3, -0.25) is 9.36 Å². The van der Waals surface area contributed by atoms with E-state index in [0.717, 1.165) is 11.3 Å². The molecule has 1 amide bonds. The van der Waals surface area contributed by atoms with E-state index < -0.39 is 0 Å². The molecule has 1 atom stereocenters. The summed E-state index contributed by atoms with van der Waals surface area (Å²) in [6.45, 7) is 6.57. The molecule has 0 aliphatic carbocycles. The summed E-state index contributed by atoms with van der Waals surface area (Å²) in [5.74, 6) is 1.26. The Bertz CT molecular complexity index is 841. The first-order valence-corrected chi connectivity index (χ1v) is 8.97. The number of aryl methyl sites for hydroxylation is 1. The highest BCUT2D eigenvalue weighted by Gasteiger charge is 2.21. The van der Waals surface area contributed by atoms with Crippen LogP contribution in [0.15, 0.2) is 52.2 Å². The number of hydrogen-bond donors (Lipinski definition) is 1. The maximum absolute atomic E-state index is 12.4. The first-order valence-electron chi connectivity index (χ1n) is 8.09. The van der Waals surface area contributed by atoms with Gasteiger partial charge in [-0.2, -0.15) is 0 Å². The summed E-state index contributed by atoms with van der Waals surface area (Å²) < 4.78 is 7.35. The number of nitrogens with zero attached hydrogens (tertiary/aromatic N) is 3. The van der Waals surface area contributed by atoms with Gasteiger partial charge >= 0.3 is 0 Å². The molecule has 3 rings (SSSR count). The van der Waals surface area contributed by atoms with E-state index in [1.165, 1.54) is 11.8 Å². The van der Waals surface area contributed by atoms with Crippen LogP contribution in [0.1, 0.15) is 19.4 Å². The summed E-state index contributed by atoms with van der Waals surface area (Å²) in [5.41, 5.74) is 1.94. The Hall–Kier alpha value is -2.54. The number of furan rings is 1. The SMILES string of the molecule is CCn1c(SC(C)C(=O)Nc2ccc(C)cc2)nnc1-c1ccco1. The topological polar surface area (TPSA) is 73.0 Å². The standard InChI is InChI=1S/C18H20N4O2S/c1-4-22-16(15-6-5-11-24-15)20-21-18(22)25-13(3)17(23)19-14-9-7-12(2)8-10-14/h5-11,13H,4H2,1-3H3,(H,19,23). The van der Waals surface area contributed by atoms with Crippen molar-refractivity contribution in [3.8, 4) is 11.6 Å². The monoisotopic (exact) mass is 356 g/mol. The van der Waals surface area contributed by atoms with E-state index in [9.17, 15) is 4.79 Å². The number of carbonyl (C=O) groups excluding carboxylic acids is 1. The number of carbonyl (C=O) groups is 1. The highest BCUT2D eigenvalue weighted by atomic mass is 32.2. The minimum Gasteiger partial charge on any atom is -0.461 e. The Morgan fingerprint density at radius 1 is 1.28 bits per heavy atom. The molecule has 0 aliphatic rings. The number of thioether (sulfide) groups is 1. The van der Waals surface area contributed by atoms with Crippen LogP contribution in [0.25, 0.3) is 11.6 Å². The lowest BCUT2D eigenvalue weighted by Gasteiger charge is -2.12. The second kappa shape index (κ2) is 7.57. The van der Waals surface area contributed by atoms with Gasteiger partial charge in [0.05, 0.1) is 11.5 Å². The van der Waals surface area contributed by atoms with Crippen LogP contribution in [0, 0.1) is 6.92 Å². The molecule has 0 bridgehead atoms. The Morgan fingerprint density at radius 2 is 2.04 bits per heavy atom. The molecule has 0 saturated carbocycles. The summed E-state index contributed by atoms with van der Waals surface area (Å²) in [4.78, 5) is 12.4. The normalized spacial score (nSPS) is 12.1. The molecule has 1 N–H and O–H groups in total. The van der Waals surface area contributed by atoms with Crippen LogP contribution in [0.2, 0.25) is 0 Å². The van der Waals surface area contributed by atoms with Crippen LogP contribution >= 0.6 is 11.8 Å². The van der Waals surface area contributed by atoms with Gasteiger partial charge in [0.25, 0.3) is 0 Å². The van der Waals surface area contributed by atoms with Crippen LogP contribution in [0.4, 0.5) is 5.69 Å². The van der Waals surface area contributed by atoms with Crippen molar-refractivity contribution in [3.05, 3.63) is 48.2 Å². The average Bonchev–Trinajstić information content (AvgIpc) is 3.25. The molecule has 0 fully saturated rings. The van der Waals surface area contributed by atoms with Gasteiger partial charge in [-0.05, 0) is 45.0 Å². The second-order valence-electron chi connectivity index (χ2n) is 5.64. The van der Waals surface area contributed by atoms with Crippen molar-refractivity contribution >= 4 is 23.4 Å². The number of anilines is 1. The van der Waals surface area contributed by atoms with E-state index in [0.29, 0.717) is 23.3 Å². The molecule has 7 heteroatoms. The first kappa shape index (κ1) is 17.3. The smallest absolute Gasteiger partial charge is 0.237 e. The second-order valence-corrected chi connectivity index (χ2v) is 6.95. The molecular formula is C18H20N4O2S. The molecule has 2 heterocycles. The zero-order valence-corrected chi connectivity index (χ0v) is 15.2. The van der Waals surface area contributed by atoms with Gasteiger partial charge in [-0.1, -0.05) is 29.5 Å². The first-order chi connectivity index (χ1) is 12.1. The number of aromatic nitrogens is 3. The number of benzene rings is 1. The van der Waals surface area contributed by atoms with E-state index in [-0.39, 0.29) is 11.2 Å². The van der Waals surface area contributed by atoms with E-state index in [2.05, 4.69) is 15.5 Å². The Kier molecular flexibility index (Phi) is 5.23. The lowest BCUT2D eigenvalue weighted by atomic mass is 10.2. The average molecular weight is 356 g/mol. The third-order valence-corrected chi connectivity index (χ3v) is 4.83. The van der Waals surface area contributed by atoms with Gasteiger partial charge in [-0.25, -0.2) is 0 Å². The molecule has 6 nitrogen and oxygen atoms in total. The maximum atomic E-state index is 12.4. The minimum absolute atomic E-state index is 0.0703. The minimum atomic E-state index is -0.305. The molecule has 0 saturated heterocycles. The van der Waals surface area contributed by atoms with Crippen LogP contribution < -0.4 is 5.32 Å². The molecule has 0 aliphatic heterocycles. The zero-order valence-electron chi connectivity index (χ0n) is 14.4. The van der Waals surface area contributed by atoms with Gasteiger partial charge in [0.15, 0.2) is 16.7 Å². The van der Waals surface area contributed by atoms with Crippen LogP contribution in [-0.2, 0) is 11.3 Å². The predicted octanol–water partition coefficient (Wildman–Crippen LogP) is 3.99. The van der Waals surface area contributed by atoms with Crippen molar-refractivity contribution in [2.45, 2.75) is 37.7 Å². The van der Waals surface area contributed by atoms with Gasteiger partial charge in [0.2, 0.25) is 5.91 Å². The molecule has 3 aromatic rings. The summed E-state index contributed by atoms with van der Waals surface area (Å²) >= 11 is 1.38.